The molecule has 3 aromatic rings. The molecule has 3 unspecified atom stereocenters. The quantitative estimate of drug-likeness (QED) is 0.512. The van der Waals surface area contributed by atoms with Gasteiger partial charge in [-0.3, -0.25) is 4.57 Å². The number of rotatable bonds is 6. The molecule has 0 spiro atoms. The van der Waals surface area contributed by atoms with Gasteiger partial charge in [0.2, 0.25) is 5.28 Å². The number of fused-ring (bicyclic) bond motifs is 2. The average Bonchev–Trinajstić information content (AvgIpc) is 2.97. The SMILES string of the molecule is CC12O[C@@H](n3cnc4c(NCc5ccccc5)nc(Cl)nc43)C(F)C1(CO)[C@H]2CO. The van der Waals surface area contributed by atoms with Crippen LogP contribution in [0.3, 0.4) is 0 Å². The Labute approximate surface area is 176 Å². The largest absolute Gasteiger partial charge is 0.396 e. The highest BCUT2D eigenvalue weighted by Gasteiger charge is 2.84. The molecule has 0 amide bonds. The number of alkyl halides is 1. The number of aliphatic hydroxyl groups is 2. The molecule has 3 heterocycles. The van der Waals surface area contributed by atoms with Crippen LogP contribution in [0.1, 0.15) is 18.7 Å². The van der Waals surface area contributed by atoms with Crippen molar-refractivity contribution in [2.45, 2.75) is 31.5 Å². The van der Waals surface area contributed by atoms with Crippen LogP contribution in [0, 0.1) is 11.3 Å². The van der Waals surface area contributed by atoms with Crippen molar-refractivity contribution in [3.8, 4) is 0 Å². The van der Waals surface area contributed by atoms with Crippen LogP contribution in [-0.4, -0.2) is 54.7 Å². The van der Waals surface area contributed by atoms with Gasteiger partial charge in [-0.15, -0.1) is 0 Å². The third-order valence-corrected chi connectivity index (χ3v) is 6.82. The van der Waals surface area contributed by atoms with Gasteiger partial charge >= 0.3 is 0 Å². The summed E-state index contributed by atoms with van der Waals surface area (Å²) in [5.41, 5.74) is -0.280. The molecule has 3 N–H and O–H groups in total. The molecular formula is C20H21ClFN5O3. The summed E-state index contributed by atoms with van der Waals surface area (Å²) in [5.74, 6) is -0.0279. The van der Waals surface area contributed by atoms with Gasteiger partial charge in [-0.25, -0.2) is 9.37 Å². The zero-order chi connectivity index (χ0) is 21.1. The summed E-state index contributed by atoms with van der Waals surface area (Å²) in [5, 5.41) is 22.7. The van der Waals surface area contributed by atoms with Crippen LogP contribution in [0.4, 0.5) is 10.2 Å². The van der Waals surface area contributed by atoms with Gasteiger partial charge in [0, 0.05) is 19.1 Å². The summed E-state index contributed by atoms with van der Waals surface area (Å²) < 4.78 is 23.0. The molecule has 1 aliphatic heterocycles. The maximum absolute atomic E-state index is 15.5. The minimum absolute atomic E-state index is 0.00491. The van der Waals surface area contributed by atoms with Crippen LogP contribution in [0.15, 0.2) is 36.7 Å². The monoisotopic (exact) mass is 433 g/mol. The first-order valence-corrected chi connectivity index (χ1v) is 10.1. The summed E-state index contributed by atoms with van der Waals surface area (Å²) >= 11 is 6.13. The maximum atomic E-state index is 15.5. The third kappa shape index (κ3) is 2.52. The fourth-order valence-corrected chi connectivity index (χ4v) is 5.05. The van der Waals surface area contributed by atoms with Gasteiger partial charge in [0.1, 0.15) is 0 Å². The Kier molecular flexibility index (Phi) is 4.48. The molecule has 0 bridgehead atoms. The highest BCUT2D eigenvalue weighted by Crippen LogP contribution is 2.73. The smallest absolute Gasteiger partial charge is 0.226 e. The van der Waals surface area contributed by atoms with E-state index in [1.165, 1.54) is 10.9 Å². The van der Waals surface area contributed by atoms with Crippen molar-refractivity contribution in [3.05, 3.63) is 47.5 Å². The average molecular weight is 434 g/mol. The molecule has 2 aromatic heterocycles. The maximum Gasteiger partial charge on any atom is 0.226 e. The number of halogens is 2. The number of anilines is 1. The van der Waals surface area contributed by atoms with Crippen molar-refractivity contribution in [2.75, 3.05) is 18.5 Å². The minimum atomic E-state index is -1.54. The second-order valence-electron chi connectivity index (χ2n) is 7.96. The van der Waals surface area contributed by atoms with Crippen LogP contribution in [0.2, 0.25) is 5.28 Å². The summed E-state index contributed by atoms with van der Waals surface area (Å²) in [6.45, 7) is 1.55. The molecule has 2 aliphatic rings. The van der Waals surface area contributed by atoms with Gasteiger partial charge in [-0.1, -0.05) is 30.3 Å². The van der Waals surface area contributed by atoms with Crippen molar-refractivity contribution in [1.29, 1.82) is 0 Å². The summed E-state index contributed by atoms with van der Waals surface area (Å²) in [7, 11) is 0. The number of aromatic nitrogens is 4. The number of aliphatic hydroxyl groups excluding tert-OH is 2. The molecule has 1 aliphatic carbocycles. The van der Waals surface area contributed by atoms with E-state index in [0.29, 0.717) is 23.5 Å². The zero-order valence-corrected chi connectivity index (χ0v) is 16.9. The van der Waals surface area contributed by atoms with E-state index in [1.807, 2.05) is 30.3 Å². The minimum Gasteiger partial charge on any atom is -0.396 e. The lowest BCUT2D eigenvalue weighted by Crippen LogP contribution is -2.30. The Hall–Kier alpha value is -2.33. The van der Waals surface area contributed by atoms with Crippen LogP contribution in [0.25, 0.3) is 11.2 Å². The molecule has 1 saturated carbocycles. The molecule has 8 nitrogen and oxygen atoms in total. The summed E-state index contributed by atoms with van der Waals surface area (Å²) in [4.78, 5) is 12.8. The van der Waals surface area contributed by atoms with Gasteiger partial charge < -0.3 is 20.3 Å². The molecular weight excluding hydrogens is 413 g/mol. The second-order valence-corrected chi connectivity index (χ2v) is 8.29. The molecule has 30 heavy (non-hydrogen) atoms. The Balaban J connectivity index is 1.48. The van der Waals surface area contributed by atoms with Crippen molar-refractivity contribution in [1.82, 2.24) is 19.5 Å². The van der Waals surface area contributed by atoms with Crippen molar-refractivity contribution in [3.63, 3.8) is 0 Å². The van der Waals surface area contributed by atoms with Crippen molar-refractivity contribution >= 4 is 28.6 Å². The highest BCUT2D eigenvalue weighted by atomic mass is 35.5. The summed E-state index contributed by atoms with van der Waals surface area (Å²) in [6.07, 6.45) is -1.15. The third-order valence-electron chi connectivity index (χ3n) is 6.65. The van der Waals surface area contributed by atoms with Crippen LogP contribution >= 0.6 is 11.6 Å². The van der Waals surface area contributed by atoms with E-state index in [0.717, 1.165) is 5.56 Å². The van der Waals surface area contributed by atoms with E-state index in [9.17, 15) is 10.2 Å². The number of imidazole rings is 1. The normalized spacial score (nSPS) is 32.4. The first-order valence-electron chi connectivity index (χ1n) is 9.67. The summed E-state index contributed by atoms with van der Waals surface area (Å²) in [6, 6.07) is 9.77. The number of nitrogens with one attached hydrogen (secondary N) is 1. The number of ether oxygens (including phenoxy) is 1. The predicted molar refractivity (Wildman–Crippen MR) is 108 cm³/mol. The van der Waals surface area contributed by atoms with Gasteiger partial charge in [0.05, 0.1) is 24.0 Å². The highest BCUT2D eigenvalue weighted by molar-refractivity contribution is 6.28. The molecule has 10 heteroatoms. The van der Waals surface area contributed by atoms with Crippen LogP contribution in [-0.2, 0) is 11.3 Å². The van der Waals surface area contributed by atoms with Gasteiger partial charge in [0.15, 0.2) is 29.4 Å². The number of nitrogens with zero attached hydrogens (tertiary/aromatic N) is 4. The lowest BCUT2D eigenvalue weighted by molar-refractivity contribution is -0.0696. The Morgan fingerprint density at radius 2 is 2.03 bits per heavy atom. The Bertz CT molecular complexity index is 1100. The molecule has 158 valence electrons. The molecule has 1 saturated heterocycles. The number of hydrogen-bond acceptors (Lipinski definition) is 7. The van der Waals surface area contributed by atoms with Crippen LogP contribution in [0.5, 0.6) is 0 Å². The van der Waals surface area contributed by atoms with E-state index < -0.39 is 35.9 Å². The molecule has 1 aromatic carbocycles. The second kappa shape index (κ2) is 6.84. The zero-order valence-electron chi connectivity index (χ0n) is 16.2. The van der Waals surface area contributed by atoms with Crippen molar-refractivity contribution < 1.29 is 19.3 Å². The number of hydrogen-bond donors (Lipinski definition) is 3. The molecule has 0 radical (unpaired) electrons. The predicted octanol–water partition coefficient (Wildman–Crippen LogP) is 2.32. The van der Waals surface area contributed by atoms with E-state index in [4.69, 9.17) is 16.3 Å². The molecule has 5 rings (SSSR count). The molecule has 2 fully saturated rings. The van der Waals surface area contributed by atoms with Gasteiger partial charge in [0.25, 0.3) is 0 Å². The van der Waals surface area contributed by atoms with E-state index >= 15 is 4.39 Å². The lowest BCUT2D eigenvalue weighted by Gasteiger charge is -2.23. The van der Waals surface area contributed by atoms with Gasteiger partial charge in [-0.2, -0.15) is 9.97 Å². The topological polar surface area (TPSA) is 105 Å². The van der Waals surface area contributed by atoms with Gasteiger partial charge in [-0.05, 0) is 24.1 Å². The van der Waals surface area contributed by atoms with Crippen molar-refractivity contribution in [2.24, 2.45) is 11.3 Å². The number of benzene rings is 1. The first kappa shape index (κ1) is 19.6. The van der Waals surface area contributed by atoms with Crippen LogP contribution < -0.4 is 5.32 Å². The first-order chi connectivity index (χ1) is 14.5. The molecule has 5 atom stereocenters. The van der Waals surface area contributed by atoms with E-state index in [2.05, 4.69) is 20.3 Å². The Morgan fingerprint density at radius 3 is 2.70 bits per heavy atom. The fraction of sp³-hybridized carbons (Fsp3) is 0.450. The van der Waals surface area contributed by atoms with E-state index in [1.54, 1.807) is 6.92 Å². The standard InChI is InChI=1S/C20H21ClFN5O3/c1-19-12(8-28)20(19,9-29)14(22)17(30-19)27-10-24-13-15(25-18(21)26-16(13)27)23-7-11-5-3-2-4-6-11/h2-6,10,12,14,17,28-29H,7-9H2,1H3,(H,23,25,26)/t12-,14?,17+,19?,20?/m0/s1. The lowest BCUT2D eigenvalue weighted by atomic mass is 9.96. The fourth-order valence-electron chi connectivity index (χ4n) is 4.88. The Morgan fingerprint density at radius 1 is 1.27 bits per heavy atom. The van der Waals surface area contributed by atoms with E-state index in [-0.39, 0.29) is 11.9 Å².